The topological polar surface area (TPSA) is 104 Å². The molecule has 1 aliphatic rings. The summed E-state index contributed by atoms with van der Waals surface area (Å²) in [5.74, 6) is -0.273. The van der Waals surface area contributed by atoms with Gasteiger partial charge in [-0.15, -0.1) is 0 Å². The molecule has 1 rings (SSSR count). The summed E-state index contributed by atoms with van der Waals surface area (Å²) in [6.07, 6.45) is 3.31. The maximum Gasteiger partial charge on any atom is 0.312 e. The molecule has 1 saturated carbocycles. The molecular formula is C12H23N3O3. The molecule has 3 amide bonds. The highest BCUT2D eigenvalue weighted by Crippen LogP contribution is 2.31. The smallest absolute Gasteiger partial charge is 0.312 e. The van der Waals surface area contributed by atoms with Gasteiger partial charge in [0, 0.05) is 0 Å². The van der Waals surface area contributed by atoms with E-state index in [-0.39, 0.29) is 18.4 Å². The Labute approximate surface area is 107 Å². The zero-order chi connectivity index (χ0) is 13.8. The average Bonchev–Trinajstić information content (AvgIpc) is 2.29. The normalized spacial score (nSPS) is 20.4. The summed E-state index contributed by atoms with van der Waals surface area (Å²) in [5.41, 5.74) is 4.59. The highest BCUT2D eigenvalue weighted by molar-refractivity contribution is 5.87. The third-order valence-electron chi connectivity index (χ3n) is 3.79. The van der Waals surface area contributed by atoms with Crippen molar-refractivity contribution in [1.29, 1.82) is 0 Å². The van der Waals surface area contributed by atoms with E-state index in [1.807, 2.05) is 13.8 Å². The van der Waals surface area contributed by atoms with Crippen LogP contribution in [0.2, 0.25) is 0 Å². The van der Waals surface area contributed by atoms with Crippen molar-refractivity contribution in [3.05, 3.63) is 0 Å². The summed E-state index contributed by atoms with van der Waals surface area (Å²) < 4.78 is 0. The lowest BCUT2D eigenvalue weighted by molar-refractivity contribution is -0.128. The molecule has 0 bridgehead atoms. The van der Waals surface area contributed by atoms with Crippen molar-refractivity contribution in [1.82, 2.24) is 10.6 Å². The monoisotopic (exact) mass is 257 g/mol. The van der Waals surface area contributed by atoms with E-state index in [0.29, 0.717) is 0 Å². The van der Waals surface area contributed by atoms with Gasteiger partial charge in [0.15, 0.2) is 0 Å². The molecule has 0 aromatic heterocycles. The van der Waals surface area contributed by atoms with Gasteiger partial charge in [0.1, 0.15) is 6.04 Å². The Bertz CT molecular complexity index is 310. The Balaban J connectivity index is 2.66. The fraction of sp³-hybridized carbons (Fsp3) is 0.833. The van der Waals surface area contributed by atoms with Gasteiger partial charge in [0.25, 0.3) is 0 Å². The second-order valence-electron chi connectivity index (χ2n) is 5.15. The molecule has 1 fully saturated rings. The molecule has 0 heterocycles. The number of nitrogens with one attached hydrogen (secondary N) is 2. The van der Waals surface area contributed by atoms with Crippen molar-refractivity contribution < 1.29 is 14.7 Å². The van der Waals surface area contributed by atoms with Crippen LogP contribution < -0.4 is 16.4 Å². The van der Waals surface area contributed by atoms with Crippen molar-refractivity contribution in [3.8, 4) is 0 Å². The number of carbonyl (C=O) groups excluding carboxylic acids is 2. The maximum absolute atomic E-state index is 12.2. The summed E-state index contributed by atoms with van der Waals surface area (Å²) >= 11 is 0. The third-order valence-corrected chi connectivity index (χ3v) is 3.79. The van der Waals surface area contributed by atoms with Crippen molar-refractivity contribution >= 4 is 11.9 Å². The van der Waals surface area contributed by atoms with Gasteiger partial charge in [0.05, 0.1) is 12.1 Å². The molecule has 2 unspecified atom stereocenters. The molecule has 2 atom stereocenters. The van der Waals surface area contributed by atoms with Gasteiger partial charge < -0.3 is 21.5 Å². The number of aliphatic hydroxyl groups excluding tert-OH is 1. The standard InChI is InChI=1S/C12H23N3O3/c1-3-8(2)9(14-11(13)18)10(17)15-12(7-16)5-4-6-12/h8-9,16H,3-7H2,1-2H3,(H,15,17)(H3,13,14,18). The van der Waals surface area contributed by atoms with Crippen molar-refractivity contribution in [2.75, 3.05) is 6.61 Å². The second-order valence-corrected chi connectivity index (χ2v) is 5.15. The van der Waals surface area contributed by atoms with Crippen LogP contribution in [0, 0.1) is 5.92 Å². The van der Waals surface area contributed by atoms with E-state index in [0.717, 1.165) is 25.7 Å². The van der Waals surface area contributed by atoms with E-state index in [1.165, 1.54) is 0 Å². The van der Waals surface area contributed by atoms with Crippen LogP contribution >= 0.6 is 0 Å². The second kappa shape index (κ2) is 6.04. The van der Waals surface area contributed by atoms with Gasteiger partial charge in [-0.25, -0.2) is 4.79 Å². The minimum Gasteiger partial charge on any atom is -0.394 e. The van der Waals surface area contributed by atoms with Crippen LogP contribution in [0.5, 0.6) is 0 Å². The first-order valence-electron chi connectivity index (χ1n) is 6.43. The lowest BCUT2D eigenvalue weighted by atomic mass is 9.77. The molecule has 6 heteroatoms. The van der Waals surface area contributed by atoms with Gasteiger partial charge in [-0.1, -0.05) is 20.3 Å². The number of primary amides is 1. The van der Waals surface area contributed by atoms with Crippen LogP contribution in [0.1, 0.15) is 39.5 Å². The average molecular weight is 257 g/mol. The van der Waals surface area contributed by atoms with E-state index >= 15 is 0 Å². The molecule has 18 heavy (non-hydrogen) atoms. The SMILES string of the molecule is CCC(C)C(NC(N)=O)C(=O)NC1(CO)CCC1. The maximum atomic E-state index is 12.2. The Kier molecular flexibility index (Phi) is 4.95. The zero-order valence-electron chi connectivity index (χ0n) is 11.0. The molecule has 0 aromatic rings. The number of carbonyl (C=O) groups is 2. The largest absolute Gasteiger partial charge is 0.394 e. The quantitative estimate of drug-likeness (QED) is 0.542. The first-order chi connectivity index (χ1) is 8.44. The van der Waals surface area contributed by atoms with E-state index in [4.69, 9.17) is 5.73 Å². The Morgan fingerprint density at radius 3 is 2.39 bits per heavy atom. The van der Waals surface area contributed by atoms with Crippen LogP contribution in [0.4, 0.5) is 4.79 Å². The first kappa shape index (κ1) is 14.8. The lowest BCUT2D eigenvalue weighted by Crippen LogP contribution is -2.62. The van der Waals surface area contributed by atoms with Crippen LogP contribution in [-0.4, -0.2) is 35.2 Å². The number of amides is 3. The molecule has 0 radical (unpaired) electrons. The molecule has 0 spiro atoms. The van der Waals surface area contributed by atoms with Crippen molar-refractivity contribution in [3.63, 3.8) is 0 Å². The fourth-order valence-corrected chi connectivity index (χ4v) is 2.12. The van der Waals surface area contributed by atoms with Crippen LogP contribution in [0.25, 0.3) is 0 Å². The van der Waals surface area contributed by atoms with Crippen molar-refractivity contribution in [2.45, 2.75) is 51.1 Å². The summed E-state index contributed by atoms with van der Waals surface area (Å²) in [7, 11) is 0. The van der Waals surface area contributed by atoms with E-state index in [2.05, 4.69) is 10.6 Å². The molecule has 1 aliphatic carbocycles. The molecular weight excluding hydrogens is 234 g/mol. The van der Waals surface area contributed by atoms with Crippen LogP contribution in [0.15, 0.2) is 0 Å². The van der Waals surface area contributed by atoms with Crippen LogP contribution in [-0.2, 0) is 4.79 Å². The minimum absolute atomic E-state index is 0.00619. The zero-order valence-corrected chi connectivity index (χ0v) is 11.0. The minimum atomic E-state index is -0.706. The van der Waals surface area contributed by atoms with Gasteiger partial charge in [-0.05, 0) is 25.2 Å². The molecule has 0 saturated heterocycles. The summed E-state index contributed by atoms with van der Waals surface area (Å²) in [6, 6.07) is -1.35. The first-order valence-corrected chi connectivity index (χ1v) is 6.43. The Hall–Kier alpha value is -1.30. The number of rotatable bonds is 6. The molecule has 0 aromatic carbocycles. The highest BCUT2D eigenvalue weighted by Gasteiger charge is 2.39. The predicted octanol–water partition coefficient (Wildman–Crippen LogP) is 0.101. The lowest BCUT2D eigenvalue weighted by Gasteiger charge is -2.42. The Morgan fingerprint density at radius 2 is 2.06 bits per heavy atom. The summed E-state index contributed by atoms with van der Waals surface area (Å²) in [6.45, 7) is 3.76. The third kappa shape index (κ3) is 3.35. The summed E-state index contributed by atoms with van der Waals surface area (Å²) in [5, 5.41) is 14.6. The number of hydrogen-bond donors (Lipinski definition) is 4. The number of nitrogens with two attached hydrogens (primary N) is 1. The Morgan fingerprint density at radius 1 is 1.44 bits per heavy atom. The molecule has 104 valence electrons. The van der Waals surface area contributed by atoms with E-state index in [1.54, 1.807) is 0 Å². The number of aliphatic hydroxyl groups is 1. The van der Waals surface area contributed by atoms with Gasteiger partial charge in [-0.3, -0.25) is 4.79 Å². The summed E-state index contributed by atoms with van der Waals surface area (Å²) in [4.78, 5) is 23.1. The predicted molar refractivity (Wildman–Crippen MR) is 67.8 cm³/mol. The van der Waals surface area contributed by atoms with E-state index in [9.17, 15) is 14.7 Å². The molecule has 6 nitrogen and oxygen atoms in total. The van der Waals surface area contributed by atoms with Crippen LogP contribution in [0.3, 0.4) is 0 Å². The van der Waals surface area contributed by atoms with E-state index < -0.39 is 17.6 Å². The van der Waals surface area contributed by atoms with Gasteiger partial charge >= 0.3 is 6.03 Å². The highest BCUT2D eigenvalue weighted by atomic mass is 16.3. The fourth-order valence-electron chi connectivity index (χ4n) is 2.12. The molecule has 5 N–H and O–H groups in total. The number of urea groups is 1. The van der Waals surface area contributed by atoms with Gasteiger partial charge in [0.2, 0.25) is 5.91 Å². The molecule has 0 aliphatic heterocycles. The van der Waals surface area contributed by atoms with Crippen molar-refractivity contribution in [2.24, 2.45) is 11.7 Å². The van der Waals surface area contributed by atoms with Gasteiger partial charge in [-0.2, -0.15) is 0 Å². The number of hydrogen-bond acceptors (Lipinski definition) is 3.